The normalized spacial score (nSPS) is 11.0. The average Bonchev–Trinajstić information content (AvgIpc) is 3.06. The molecule has 0 spiro atoms. The van der Waals surface area contributed by atoms with Crippen molar-refractivity contribution in [1.82, 2.24) is 25.1 Å². The Morgan fingerprint density at radius 3 is 2.88 bits per heavy atom. The predicted octanol–water partition coefficient (Wildman–Crippen LogP) is 2.54. The summed E-state index contributed by atoms with van der Waals surface area (Å²) in [5.41, 5.74) is 0.999. The van der Waals surface area contributed by atoms with E-state index in [4.69, 9.17) is 16.1 Å². The number of nitrogens with zero attached hydrogens (tertiary/aromatic N) is 5. The van der Waals surface area contributed by atoms with Crippen LogP contribution in [0.1, 0.15) is 5.82 Å². The van der Waals surface area contributed by atoms with Gasteiger partial charge >= 0.3 is 0 Å². The third-order valence-electron chi connectivity index (χ3n) is 3.46. The van der Waals surface area contributed by atoms with Crippen LogP contribution in [0.3, 0.4) is 0 Å². The summed E-state index contributed by atoms with van der Waals surface area (Å²) in [7, 11) is 0. The number of benzene rings is 2. The van der Waals surface area contributed by atoms with Gasteiger partial charge in [0.15, 0.2) is 5.82 Å². The zero-order valence-corrected chi connectivity index (χ0v) is 13.0. The van der Waals surface area contributed by atoms with Crippen molar-refractivity contribution in [3.8, 4) is 11.5 Å². The quantitative estimate of drug-likeness (QED) is 0.570. The van der Waals surface area contributed by atoms with E-state index in [2.05, 4.69) is 20.5 Å². The van der Waals surface area contributed by atoms with Crippen LogP contribution in [0.4, 0.5) is 0 Å². The molecule has 0 unspecified atom stereocenters. The minimum atomic E-state index is -0.255. The summed E-state index contributed by atoms with van der Waals surface area (Å²) >= 11 is 5.95. The summed E-state index contributed by atoms with van der Waals surface area (Å²) < 4.78 is 6.43. The molecule has 7 nitrogen and oxygen atoms in total. The van der Waals surface area contributed by atoms with Gasteiger partial charge in [-0.3, -0.25) is 4.79 Å². The molecule has 0 aliphatic rings. The Labute approximate surface area is 140 Å². The minimum Gasteiger partial charge on any atom is -0.334 e. The Kier molecular flexibility index (Phi) is 3.55. The zero-order valence-electron chi connectivity index (χ0n) is 12.3. The molecule has 24 heavy (non-hydrogen) atoms. The molecule has 4 rings (SSSR count). The smallest absolute Gasteiger partial charge is 0.278 e. The van der Waals surface area contributed by atoms with Gasteiger partial charge in [0, 0.05) is 10.6 Å². The third-order valence-corrected chi connectivity index (χ3v) is 3.70. The van der Waals surface area contributed by atoms with Crippen LogP contribution in [0.25, 0.3) is 22.4 Å². The highest BCUT2D eigenvalue weighted by molar-refractivity contribution is 6.30. The minimum absolute atomic E-state index is 0.0702. The lowest BCUT2D eigenvalue weighted by atomic mass is 10.2. The first-order valence-corrected chi connectivity index (χ1v) is 7.49. The van der Waals surface area contributed by atoms with Gasteiger partial charge in [0.1, 0.15) is 12.1 Å². The van der Waals surface area contributed by atoms with Crippen LogP contribution in [0.2, 0.25) is 5.02 Å². The molecule has 0 N–H and O–H groups in total. The first kappa shape index (κ1) is 14.5. The average molecular weight is 340 g/mol. The zero-order chi connectivity index (χ0) is 16.5. The van der Waals surface area contributed by atoms with Crippen LogP contribution < -0.4 is 5.56 Å². The summed E-state index contributed by atoms with van der Waals surface area (Å²) in [4.78, 5) is 16.7. The Bertz CT molecular complexity index is 1090. The van der Waals surface area contributed by atoms with E-state index in [1.165, 1.54) is 4.68 Å². The summed E-state index contributed by atoms with van der Waals surface area (Å²) in [5.74, 6) is 0.658. The predicted molar refractivity (Wildman–Crippen MR) is 87.6 cm³/mol. The second-order valence-corrected chi connectivity index (χ2v) is 5.53. The van der Waals surface area contributed by atoms with Gasteiger partial charge in [-0.05, 0) is 30.3 Å². The molecule has 0 amide bonds. The van der Waals surface area contributed by atoms with Crippen LogP contribution in [0.5, 0.6) is 0 Å². The first-order valence-electron chi connectivity index (χ1n) is 7.12. The highest BCUT2D eigenvalue weighted by Crippen LogP contribution is 2.20. The molecule has 0 saturated carbocycles. The van der Waals surface area contributed by atoms with Gasteiger partial charge in [-0.1, -0.05) is 40.2 Å². The molecule has 0 fully saturated rings. The number of halogens is 1. The molecule has 118 valence electrons. The van der Waals surface area contributed by atoms with Crippen molar-refractivity contribution in [3.63, 3.8) is 0 Å². The SMILES string of the molecule is O=c1c2ccccc2nnn1Cc1noc(-c2cccc(Cl)c2)n1. The Morgan fingerprint density at radius 2 is 2.00 bits per heavy atom. The maximum Gasteiger partial charge on any atom is 0.278 e. The Morgan fingerprint density at radius 1 is 1.12 bits per heavy atom. The molecule has 2 heterocycles. The van der Waals surface area contributed by atoms with Crippen molar-refractivity contribution in [3.05, 3.63) is 69.7 Å². The van der Waals surface area contributed by atoms with E-state index in [0.29, 0.717) is 33.2 Å². The van der Waals surface area contributed by atoms with Crippen molar-refractivity contribution in [1.29, 1.82) is 0 Å². The molecular weight excluding hydrogens is 330 g/mol. The molecular formula is C16H10ClN5O2. The van der Waals surface area contributed by atoms with E-state index in [-0.39, 0.29) is 12.1 Å². The standard InChI is InChI=1S/C16H10ClN5O2/c17-11-5-3-4-10(8-11)15-18-14(20-24-15)9-22-16(23)12-6-1-2-7-13(12)19-21-22/h1-8H,9H2. The van der Waals surface area contributed by atoms with Gasteiger partial charge in [0.25, 0.3) is 11.4 Å². The number of hydrogen-bond donors (Lipinski definition) is 0. The molecule has 0 aliphatic heterocycles. The fourth-order valence-electron chi connectivity index (χ4n) is 2.32. The monoisotopic (exact) mass is 339 g/mol. The molecule has 2 aromatic carbocycles. The van der Waals surface area contributed by atoms with E-state index in [1.54, 1.807) is 42.5 Å². The maximum atomic E-state index is 12.4. The Hall–Kier alpha value is -3.06. The molecule has 0 atom stereocenters. The second kappa shape index (κ2) is 5.86. The molecule has 0 bridgehead atoms. The van der Waals surface area contributed by atoms with Crippen LogP contribution in [0.15, 0.2) is 57.8 Å². The fraction of sp³-hybridized carbons (Fsp3) is 0.0625. The van der Waals surface area contributed by atoms with E-state index in [1.807, 2.05) is 6.07 Å². The van der Waals surface area contributed by atoms with Crippen LogP contribution in [-0.2, 0) is 6.54 Å². The van der Waals surface area contributed by atoms with Gasteiger partial charge in [0.05, 0.1) is 5.39 Å². The lowest BCUT2D eigenvalue weighted by Crippen LogP contribution is -2.25. The fourth-order valence-corrected chi connectivity index (χ4v) is 2.51. The molecule has 0 aliphatic carbocycles. The summed E-state index contributed by atoms with van der Waals surface area (Å²) in [6.45, 7) is 0.0702. The first-order chi connectivity index (χ1) is 11.7. The molecule has 4 aromatic rings. The van der Waals surface area contributed by atoms with E-state index < -0.39 is 0 Å². The molecule has 0 radical (unpaired) electrons. The van der Waals surface area contributed by atoms with E-state index in [9.17, 15) is 4.79 Å². The van der Waals surface area contributed by atoms with Crippen molar-refractivity contribution < 1.29 is 4.52 Å². The van der Waals surface area contributed by atoms with Gasteiger partial charge in [-0.25, -0.2) is 4.68 Å². The number of aromatic nitrogens is 5. The maximum absolute atomic E-state index is 12.4. The van der Waals surface area contributed by atoms with E-state index >= 15 is 0 Å². The van der Waals surface area contributed by atoms with E-state index in [0.717, 1.165) is 0 Å². The molecule has 2 aromatic heterocycles. The van der Waals surface area contributed by atoms with Gasteiger partial charge in [-0.15, -0.1) is 5.10 Å². The summed E-state index contributed by atoms with van der Waals surface area (Å²) in [5, 5.41) is 12.9. The number of fused-ring (bicyclic) bond motifs is 1. The summed E-state index contributed by atoms with van der Waals surface area (Å²) in [6, 6.07) is 14.1. The van der Waals surface area contributed by atoms with Crippen molar-refractivity contribution in [2.75, 3.05) is 0 Å². The number of rotatable bonds is 3. The van der Waals surface area contributed by atoms with Gasteiger partial charge < -0.3 is 4.52 Å². The highest BCUT2D eigenvalue weighted by atomic mass is 35.5. The van der Waals surface area contributed by atoms with Crippen molar-refractivity contribution in [2.45, 2.75) is 6.54 Å². The lowest BCUT2D eigenvalue weighted by molar-refractivity contribution is 0.417. The number of hydrogen-bond acceptors (Lipinski definition) is 6. The molecule has 0 saturated heterocycles. The second-order valence-electron chi connectivity index (χ2n) is 5.10. The molecule has 8 heteroatoms. The van der Waals surface area contributed by atoms with Crippen LogP contribution in [0, 0.1) is 0 Å². The third kappa shape index (κ3) is 2.65. The van der Waals surface area contributed by atoms with Crippen molar-refractivity contribution in [2.24, 2.45) is 0 Å². The van der Waals surface area contributed by atoms with Crippen molar-refractivity contribution >= 4 is 22.5 Å². The largest absolute Gasteiger partial charge is 0.334 e. The summed E-state index contributed by atoms with van der Waals surface area (Å²) in [6.07, 6.45) is 0. The van der Waals surface area contributed by atoms with Crippen LogP contribution in [-0.4, -0.2) is 25.1 Å². The Balaban J connectivity index is 1.67. The van der Waals surface area contributed by atoms with Crippen LogP contribution >= 0.6 is 11.6 Å². The lowest BCUT2D eigenvalue weighted by Gasteiger charge is -2.01. The topological polar surface area (TPSA) is 86.7 Å². The highest BCUT2D eigenvalue weighted by Gasteiger charge is 2.12. The van der Waals surface area contributed by atoms with Gasteiger partial charge in [-0.2, -0.15) is 4.98 Å². The van der Waals surface area contributed by atoms with Gasteiger partial charge in [0.2, 0.25) is 0 Å².